The third-order valence-electron chi connectivity index (χ3n) is 4.09. The summed E-state index contributed by atoms with van der Waals surface area (Å²) in [5.74, 6) is -2.45. The summed E-state index contributed by atoms with van der Waals surface area (Å²) in [7, 11) is 0. The summed E-state index contributed by atoms with van der Waals surface area (Å²) in [6.45, 7) is 0. The highest BCUT2D eigenvalue weighted by atomic mass is 16.7. The quantitative estimate of drug-likeness (QED) is 0.677. The Morgan fingerprint density at radius 1 is 0.821 bits per heavy atom. The number of amides is 2. The summed E-state index contributed by atoms with van der Waals surface area (Å²) in [4.78, 5) is 65.4. The lowest BCUT2D eigenvalue weighted by Gasteiger charge is -2.13. The molecule has 9 heteroatoms. The molecule has 1 aliphatic heterocycles. The van der Waals surface area contributed by atoms with Gasteiger partial charge in [-0.2, -0.15) is 0 Å². The average molecular weight is 377 g/mol. The van der Waals surface area contributed by atoms with E-state index in [0.29, 0.717) is 5.06 Å². The second-order valence-electron chi connectivity index (χ2n) is 5.86. The van der Waals surface area contributed by atoms with Gasteiger partial charge < -0.3 is 4.84 Å². The number of benzene rings is 2. The standard InChI is InChI=1S/C19H11N3O6/c23-15-8-9-16(24)21(20-15)12-5-3-4-11(10-12)19(27)28-22-17(25)13-6-1-2-7-14(13)18(22)26/h1-10H,(H,20,23). The van der Waals surface area contributed by atoms with Crippen LogP contribution in [0.1, 0.15) is 31.1 Å². The van der Waals surface area contributed by atoms with E-state index in [1.165, 1.54) is 36.4 Å². The van der Waals surface area contributed by atoms with Gasteiger partial charge in [0.15, 0.2) is 0 Å². The Balaban J connectivity index is 1.63. The number of carbonyl (C=O) groups is 3. The van der Waals surface area contributed by atoms with Gasteiger partial charge in [-0.3, -0.25) is 24.3 Å². The SMILES string of the molecule is O=C(ON1C(=O)c2ccccc2C1=O)c1cccc(-n2[nH]c(=O)ccc2=O)c1. The van der Waals surface area contributed by atoms with E-state index < -0.39 is 28.9 Å². The van der Waals surface area contributed by atoms with Crippen LogP contribution in [0.4, 0.5) is 0 Å². The molecule has 138 valence electrons. The first-order valence-electron chi connectivity index (χ1n) is 8.08. The van der Waals surface area contributed by atoms with Crippen molar-refractivity contribution in [3.05, 3.63) is 98.1 Å². The van der Waals surface area contributed by atoms with E-state index in [0.717, 1.165) is 16.8 Å². The number of rotatable bonds is 3. The molecule has 3 aromatic rings. The zero-order valence-corrected chi connectivity index (χ0v) is 14.1. The summed E-state index contributed by atoms with van der Waals surface area (Å²) in [6, 6.07) is 13.9. The third kappa shape index (κ3) is 2.80. The highest BCUT2D eigenvalue weighted by Crippen LogP contribution is 2.23. The molecule has 0 unspecified atom stereocenters. The Bertz CT molecular complexity index is 1220. The normalized spacial score (nSPS) is 12.8. The molecular weight excluding hydrogens is 366 g/mol. The van der Waals surface area contributed by atoms with Crippen molar-refractivity contribution in [3.8, 4) is 5.69 Å². The van der Waals surface area contributed by atoms with Gasteiger partial charge in [0, 0.05) is 12.1 Å². The fourth-order valence-electron chi connectivity index (χ4n) is 2.77. The van der Waals surface area contributed by atoms with Crippen LogP contribution in [0.5, 0.6) is 0 Å². The van der Waals surface area contributed by atoms with Crippen molar-refractivity contribution in [3.63, 3.8) is 0 Å². The Kier molecular flexibility index (Phi) is 3.96. The van der Waals surface area contributed by atoms with E-state index in [-0.39, 0.29) is 22.4 Å². The van der Waals surface area contributed by atoms with Crippen LogP contribution in [0.15, 0.2) is 70.3 Å². The molecule has 0 spiro atoms. The van der Waals surface area contributed by atoms with Crippen LogP contribution in [0.25, 0.3) is 5.69 Å². The van der Waals surface area contributed by atoms with Crippen LogP contribution in [0.2, 0.25) is 0 Å². The van der Waals surface area contributed by atoms with Gasteiger partial charge in [-0.15, -0.1) is 0 Å². The maximum Gasteiger partial charge on any atom is 0.364 e. The summed E-state index contributed by atoms with van der Waals surface area (Å²) in [5.41, 5.74) is -0.542. The van der Waals surface area contributed by atoms with Crippen molar-refractivity contribution in [2.45, 2.75) is 0 Å². The number of aromatic amines is 1. The maximum atomic E-state index is 12.5. The lowest BCUT2D eigenvalue weighted by Crippen LogP contribution is -2.32. The molecule has 28 heavy (non-hydrogen) atoms. The van der Waals surface area contributed by atoms with Crippen molar-refractivity contribution in [2.75, 3.05) is 0 Å². The number of hydroxylamine groups is 2. The number of carbonyl (C=O) groups excluding carboxylic acids is 3. The molecule has 2 amide bonds. The van der Waals surface area contributed by atoms with Gasteiger partial charge in [-0.25, -0.2) is 9.48 Å². The Labute approximate surface area is 156 Å². The number of imide groups is 1. The van der Waals surface area contributed by atoms with Gasteiger partial charge in [0.2, 0.25) is 0 Å². The molecule has 1 aliphatic rings. The maximum absolute atomic E-state index is 12.5. The Hall–Kier alpha value is -4.27. The predicted octanol–water partition coefficient (Wildman–Crippen LogP) is 0.894. The molecule has 2 heterocycles. The fourth-order valence-corrected chi connectivity index (χ4v) is 2.77. The smallest absolute Gasteiger partial charge is 0.324 e. The predicted molar refractivity (Wildman–Crippen MR) is 95.0 cm³/mol. The zero-order valence-electron chi connectivity index (χ0n) is 14.1. The summed E-state index contributed by atoms with van der Waals surface area (Å²) < 4.78 is 0.959. The lowest BCUT2D eigenvalue weighted by atomic mass is 10.1. The molecule has 0 bridgehead atoms. The van der Waals surface area contributed by atoms with E-state index in [4.69, 9.17) is 4.84 Å². The summed E-state index contributed by atoms with van der Waals surface area (Å²) in [6.07, 6.45) is 0. The number of aromatic nitrogens is 2. The van der Waals surface area contributed by atoms with Crippen LogP contribution >= 0.6 is 0 Å². The number of hydrogen-bond acceptors (Lipinski definition) is 6. The van der Waals surface area contributed by atoms with Crippen LogP contribution < -0.4 is 11.1 Å². The largest absolute Gasteiger partial charge is 0.364 e. The number of nitrogens with one attached hydrogen (secondary N) is 1. The van der Waals surface area contributed by atoms with Crippen molar-refractivity contribution in [1.29, 1.82) is 0 Å². The van der Waals surface area contributed by atoms with Crippen molar-refractivity contribution in [1.82, 2.24) is 14.8 Å². The van der Waals surface area contributed by atoms with E-state index >= 15 is 0 Å². The first kappa shape index (κ1) is 17.2. The van der Waals surface area contributed by atoms with Crippen molar-refractivity contribution < 1.29 is 19.2 Å². The highest BCUT2D eigenvalue weighted by molar-refractivity contribution is 6.21. The number of hydrogen-bond donors (Lipinski definition) is 1. The van der Waals surface area contributed by atoms with Gasteiger partial charge in [0.1, 0.15) is 0 Å². The second kappa shape index (κ2) is 6.47. The van der Waals surface area contributed by atoms with E-state index in [9.17, 15) is 24.0 Å². The van der Waals surface area contributed by atoms with Crippen LogP contribution in [-0.4, -0.2) is 32.6 Å². The summed E-state index contributed by atoms with van der Waals surface area (Å²) >= 11 is 0. The number of nitrogens with zero attached hydrogens (tertiary/aromatic N) is 2. The first-order valence-corrected chi connectivity index (χ1v) is 8.08. The Morgan fingerprint density at radius 3 is 2.18 bits per heavy atom. The third-order valence-corrected chi connectivity index (χ3v) is 4.09. The van der Waals surface area contributed by atoms with Crippen LogP contribution in [-0.2, 0) is 4.84 Å². The van der Waals surface area contributed by atoms with Crippen molar-refractivity contribution >= 4 is 17.8 Å². The van der Waals surface area contributed by atoms with Gasteiger partial charge in [-0.05, 0) is 30.3 Å². The minimum absolute atomic E-state index is 0.0225. The van der Waals surface area contributed by atoms with Crippen LogP contribution in [0, 0.1) is 0 Å². The fraction of sp³-hybridized carbons (Fsp3) is 0. The minimum atomic E-state index is -0.970. The molecule has 0 radical (unpaired) electrons. The molecule has 0 fully saturated rings. The van der Waals surface area contributed by atoms with Gasteiger partial charge in [0.05, 0.1) is 22.4 Å². The van der Waals surface area contributed by atoms with Crippen molar-refractivity contribution in [2.24, 2.45) is 0 Å². The van der Waals surface area contributed by atoms with Crippen LogP contribution in [0.3, 0.4) is 0 Å². The average Bonchev–Trinajstić information content (AvgIpc) is 2.95. The highest BCUT2D eigenvalue weighted by Gasteiger charge is 2.38. The summed E-state index contributed by atoms with van der Waals surface area (Å²) in [5, 5.41) is 2.73. The molecule has 0 saturated heterocycles. The first-order chi connectivity index (χ1) is 13.5. The minimum Gasteiger partial charge on any atom is -0.324 e. The van der Waals surface area contributed by atoms with E-state index in [2.05, 4.69) is 5.10 Å². The number of fused-ring (bicyclic) bond motifs is 1. The molecule has 0 atom stereocenters. The molecule has 0 aliphatic carbocycles. The molecule has 4 rings (SSSR count). The number of H-pyrrole nitrogens is 1. The van der Waals surface area contributed by atoms with E-state index in [1.54, 1.807) is 12.1 Å². The van der Waals surface area contributed by atoms with Gasteiger partial charge in [-0.1, -0.05) is 23.3 Å². The zero-order chi connectivity index (χ0) is 19.8. The molecule has 1 N–H and O–H groups in total. The van der Waals surface area contributed by atoms with Gasteiger partial charge in [0.25, 0.3) is 22.9 Å². The molecule has 1 aromatic heterocycles. The van der Waals surface area contributed by atoms with Gasteiger partial charge >= 0.3 is 5.97 Å². The molecular formula is C19H11N3O6. The Morgan fingerprint density at radius 2 is 1.50 bits per heavy atom. The molecule has 9 nitrogen and oxygen atoms in total. The lowest BCUT2D eigenvalue weighted by molar-refractivity contribution is -0.0584. The molecule has 0 saturated carbocycles. The van der Waals surface area contributed by atoms with E-state index in [1.807, 2.05) is 0 Å². The topological polar surface area (TPSA) is 119 Å². The molecule has 2 aromatic carbocycles. The monoisotopic (exact) mass is 377 g/mol. The second-order valence-corrected chi connectivity index (χ2v) is 5.86.